The van der Waals surface area contributed by atoms with Crippen LogP contribution in [0, 0.1) is 0 Å². The lowest BCUT2D eigenvalue weighted by molar-refractivity contribution is 0.584. The van der Waals surface area contributed by atoms with Gasteiger partial charge in [0, 0.05) is 43.9 Å². The number of rotatable bonds is 3. The Hall–Kier alpha value is -1.93. The van der Waals surface area contributed by atoms with Crippen molar-refractivity contribution in [1.82, 2.24) is 19.9 Å². The molecule has 8 heteroatoms. The molecular formula is C14H17BrN6O. The smallest absolute Gasteiger partial charge is 0.274 e. The second-order valence-corrected chi connectivity index (χ2v) is 6.03. The molecule has 2 aromatic rings. The lowest BCUT2D eigenvalue weighted by Gasteiger charge is -2.28. The van der Waals surface area contributed by atoms with Gasteiger partial charge in [0.05, 0.1) is 12.4 Å². The summed E-state index contributed by atoms with van der Waals surface area (Å²) in [6.45, 7) is 3.76. The van der Waals surface area contributed by atoms with E-state index in [1.165, 1.54) is 4.57 Å². The molecule has 0 amide bonds. The molecule has 0 bridgehead atoms. The Kier molecular flexibility index (Phi) is 4.39. The molecule has 0 saturated carbocycles. The van der Waals surface area contributed by atoms with Crippen LogP contribution in [0.4, 0.5) is 17.3 Å². The summed E-state index contributed by atoms with van der Waals surface area (Å²) >= 11 is 3.38. The van der Waals surface area contributed by atoms with Crippen molar-refractivity contribution in [2.75, 3.05) is 36.4 Å². The van der Waals surface area contributed by atoms with Gasteiger partial charge in [-0.05, 0) is 22.0 Å². The molecule has 2 aromatic heterocycles. The third-order valence-corrected chi connectivity index (χ3v) is 3.93. The lowest BCUT2D eigenvalue weighted by atomic mass is 10.3. The van der Waals surface area contributed by atoms with Crippen molar-refractivity contribution in [2.45, 2.75) is 0 Å². The van der Waals surface area contributed by atoms with Crippen LogP contribution in [0.2, 0.25) is 0 Å². The average Bonchev–Trinajstić information content (AvgIpc) is 2.54. The van der Waals surface area contributed by atoms with Crippen LogP contribution in [-0.2, 0) is 7.05 Å². The first-order valence-electron chi connectivity index (χ1n) is 7.04. The summed E-state index contributed by atoms with van der Waals surface area (Å²) in [6, 6.07) is 1.73. The van der Waals surface area contributed by atoms with Crippen LogP contribution in [0.1, 0.15) is 0 Å². The molecule has 0 aromatic carbocycles. The van der Waals surface area contributed by atoms with Crippen LogP contribution in [0.15, 0.2) is 33.9 Å². The number of aryl methyl sites for hydroxylation is 1. The van der Waals surface area contributed by atoms with E-state index in [4.69, 9.17) is 0 Å². The van der Waals surface area contributed by atoms with E-state index in [1.807, 2.05) is 0 Å². The standard InChI is InChI=1S/C14H17BrN6O/c1-20-9-10(15)6-11(14(20)22)19-12-7-18-13(8-17-12)21-4-2-16-3-5-21/h6-9,16H,2-5H2,1H3,(H,17,19). The Bertz CT molecular complexity index is 708. The number of hydrogen-bond acceptors (Lipinski definition) is 6. The molecule has 7 nitrogen and oxygen atoms in total. The van der Waals surface area contributed by atoms with Gasteiger partial charge in [-0.1, -0.05) is 0 Å². The first-order valence-corrected chi connectivity index (χ1v) is 7.84. The van der Waals surface area contributed by atoms with Gasteiger partial charge in [0.1, 0.15) is 17.3 Å². The zero-order valence-corrected chi connectivity index (χ0v) is 13.8. The number of nitrogens with zero attached hydrogens (tertiary/aromatic N) is 4. The minimum atomic E-state index is -0.115. The highest BCUT2D eigenvalue weighted by Crippen LogP contribution is 2.17. The fourth-order valence-corrected chi connectivity index (χ4v) is 2.88. The minimum absolute atomic E-state index is 0.115. The minimum Gasteiger partial charge on any atom is -0.353 e. The first-order chi connectivity index (χ1) is 10.6. The van der Waals surface area contributed by atoms with Gasteiger partial charge < -0.3 is 20.1 Å². The zero-order chi connectivity index (χ0) is 15.5. The zero-order valence-electron chi connectivity index (χ0n) is 12.2. The van der Waals surface area contributed by atoms with E-state index in [0.29, 0.717) is 11.5 Å². The fourth-order valence-electron chi connectivity index (χ4n) is 2.34. The van der Waals surface area contributed by atoms with E-state index >= 15 is 0 Å². The van der Waals surface area contributed by atoms with Gasteiger partial charge in [-0.2, -0.15) is 0 Å². The fraction of sp³-hybridized carbons (Fsp3) is 0.357. The van der Waals surface area contributed by atoms with E-state index in [9.17, 15) is 4.79 Å². The first kappa shape index (κ1) is 15.0. The number of aromatic nitrogens is 3. The molecule has 0 spiro atoms. The van der Waals surface area contributed by atoms with Crippen molar-refractivity contribution in [1.29, 1.82) is 0 Å². The number of pyridine rings is 1. The number of nitrogens with one attached hydrogen (secondary N) is 2. The Balaban J connectivity index is 1.77. The Morgan fingerprint density at radius 2 is 2.05 bits per heavy atom. The molecule has 1 aliphatic rings. The Morgan fingerprint density at radius 3 is 2.73 bits per heavy atom. The maximum absolute atomic E-state index is 12.1. The largest absolute Gasteiger partial charge is 0.353 e. The molecule has 2 N–H and O–H groups in total. The highest BCUT2D eigenvalue weighted by Gasteiger charge is 2.12. The van der Waals surface area contributed by atoms with E-state index in [1.54, 1.807) is 31.7 Å². The van der Waals surface area contributed by atoms with Crippen molar-refractivity contribution in [3.8, 4) is 0 Å². The van der Waals surface area contributed by atoms with Gasteiger partial charge in [0.25, 0.3) is 5.56 Å². The van der Waals surface area contributed by atoms with Gasteiger partial charge in [-0.25, -0.2) is 9.97 Å². The third-order valence-electron chi connectivity index (χ3n) is 3.49. The second-order valence-electron chi connectivity index (χ2n) is 5.11. The molecule has 0 aliphatic carbocycles. The predicted molar refractivity (Wildman–Crippen MR) is 89.8 cm³/mol. The van der Waals surface area contributed by atoms with Gasteiger partial charge in [0.15, 0.2) is 0 Å². The summed E-state index contributed by atoms with van der Waals surface area (Å²) in [5.74, 6) is 1.41. The maximum atomic E-state index is 12.1. The number of anilines is 3. The topological polar surface area (TPSA) is 75.1 Å². The molecule has 3 heterocycles. The molecule has 1 aliphatic heterocycles. The van der Waals surface area contributed by atoms with E-state index in [-0.39, 0.29) is 5.56 Å². The summed E-state index contributed by atoms with van der Waals surface area (Å²) in [6.07, 6.45) is 5.10. The molecule has 22 heavy (non-hydrogen) atoms. The summed E-state index contributed by atoms with van der Waals surface area (Å²) in [4.78, 5) is 23.0. The molecule has 0 unspecified atom stereocenters. The lowest BCUT2D eigenvalue weighted by Crippen LogP contribution is -2.43. The van der Waals surface area contributed by atoms with Gasteiger partial charge in [0.2, 0.25) is 0 Å². The predicted octanol–water partition coefficient (Wildman–Crippen LogP) is 1.09. The molecule has 0 atom stereocenters. The van der Waals surface area contributed by atoms with Gasteiger partial charge in [-0.15, -0.1) is 0 Å². The van der Waals surface area contributed by atoms with Crippen LogP contribution in [0.5, 0.6) is 0 Å². The number of piperazine rings is 1. The van der Waals surface area contributed by atoms with E-state index < -0.39 is 0 Å². The molecule has 1 fully saturated rings. The van der Waals surface area contributed by atoms with Crippen LogP contribution in [0.25, 0.3) is 0 Å². The Morgan fingerprint density at radius 1 is 1.27 bits per heavy atom. The van der Waals surface area contributed by atoms with Crippen LogP contribution in [-0.4, -0.2) is 40.7 Å². The highest BCUT2D eigenvalue weighted by atomic mass is 79.9. The van der Waals surface area contributed by atoms with Crippen molar-refractivity contribution in [2.24, 2.45) is 7.05 Å². The molecule has 3 rings (SSSR count). The monoisotopic (exact) mass is 364 g/mol. The van der Waals surface area contributed by atoms with E-state index in [2.05, 4.69) is 41.4 Å². The molecule has 0 radical (unpaired) electrons. The van der Waals surface area contributed by atoms with Gasteiger partial charge in [-0.3, -0.25) is 4.79 Å². The van der Waals surface area contributed by atoms with Crippen molar-refractivity contribution in [3.63, 3.8) is 0 Å². The van der Waals surface area contributed by atoms with Gasteiger partial charge >= 0.3 is 0 Å². The van der Waals surface area contributed by atoms with Crippen LogP contribution < -0.4 is 21.1 Å². The third kappa shape index (κ3) is 3.28. The quantitative estimate of drug-likeness (QED) is 0.848. The van der Waals surface area contributed by atoms with Crippen LogP contribution >= 0.6 is 15.9 Å². The summed E-state index contributed by atoms with van der Waals surface area (Å²) < 4.78 is 2.33. The normalized spacial score (nSPS) is 14.9. The Labute approximate surface area is 136 Å². The number of halogens is 1. The maximum Gasteiger partial charge on any atom is 0.274 e. The average molecular weight is 365 g/mol. The molecule has 116 valence electrons. The SMILES string of the molecule is Cn1cc(Br)cc(Nc2cnc(N3CCNCC3)cn2)c1=O. The number of hydrogen-bond donors (Lipinski definition) is 2. The summed E-state index contributed by atoms with van der Waals surface area (Å²) in [5, 5.41) is 6.32. The van der Waals surface area contributed by atoms with Crippen LogP contribution in [0.3, 0.4) is 0 Å². The van der Waals surface area contributed by atoms with E-state index in [0.717, 1.165) is 36.5 Å². The summed E-state index contributed by atoms with van der Waals surface area (Å²) in [7, 11) is 1.71. The highest BCUT2D eigenvalue weighted by molar-refractivity contribution is 9.10. The summed E-state index contributed by atoms with van der Waals surface area (Å²) in [5.41, 5.74) is 0.345. The second kappa shape index (κ2) is 6.45. The van der Waals surface area contributed by atoms with Crippen molar-refractivity contribution >= 4 is 33.3 Å². The van der Waals surface area contributed by atoms with Crippen molar-refractivity contribution < 1.29 is 0 Å². The van der Waals surface area contributed by atoms with Crippen molar-refractivity contribution in [3.05, 3.63) is 39.5 Å². The molecular weight excluding hydrogens is 348 g/mol. The molecule has 1 saturated heterocycles.